The molecule has 3 aromatic heterocycles. The number of hydrogen-bond acceptors (Lipinski definition) is 2. The Balaban J connectivity index is 1.23. The second kappa shape index (κ2) is 11.8. The second-order valence-corrected chi connectivity index (χ2v) is 13.9. The highest BCUT2D eigenvalue weighted by Gasteiger charge is 2.23. The number of nitrogens with zero attached hydrogens (tertiary/aromatic N) is 5. The lowest BCUT2D eigenvalue weighted by Crippen LogP contribution is -2.03. The Bertz CT molecular complexity index is 3420. The molecule has 0 radical (unpaired) electrons. The largest absolute Gasteiger partial charge is 0.309 e. The van der Waals surface area contributed by atoms with E-state index < -0.39 is 0 Å². The molecule has 0 saturated heterocycles. The average Bonchev–Trinajstić information content (AvgIpc) is 3.88. The van der Waals surface area contributed by atoms with Crippen LogP contribution in [-0.2, 0) is 0 Å². The average molecular weight is 700 g/mol. The fourth-order valence-electron chi connectivity index (χ4n) is 8.84. The lowest BCUT2D eigenvalue weighted by molar-refractivity contribution is 1.15. The zero-order valence-corrected chi connectivity index (χ0v) is 29.5. The van der Waals surface area contributed by atoms with Crippen molar-refractivity contribution in [1.82, 2.24) is 13.7 Å². The van der Waals surface area contributed by atoms with Gasteiger partial charge in [0.15, 0.2) is 0 Å². The number of nitriles is 2. The van der Waals surface area contributed by atoms with Crippen molar-refractivity contribution >= 4 is 65.4 Å². The van der Waals surface area contributed by atoms with Gasteiger partial charge < -0.3 is 13.7 Å². The van der Waals surface area contributed by atoms with Crippen molar-refractivity contribution in [2.45, 2.75) is 0 Å². The molecule has 254 valence electrons. The van der Waals surface area contributed by atoms with Gasteiger partial charge in [-0.2, -0.15) is 10.5 Å². The molecule has 5 heteroatoms. The van der Waals surface area contributed by atoms with Gasteiger partial charge in [-0.1, -0.05) is 109 Å². The highest BCUT2D eigenvalue weighted by molar-refractivity contribution is 6.13. The number of benzene rings is 8. The molecule has 0 fully saturated rings. The molecule has 0 amide bonds. The van der Waals surface area contributed by atoms with Crippen LogP contribution in [0.25, 0.3) is 93.6 Å². The summed E-state index contributed by atoms with van der Waals surface area (Å²) in [5, 5.41) is 27.6. The minimum Gasteiger partial charge on any atom is -0.309 e. The Kier molecular flexibility index (Phi) is 6.61. The molecule has 55 heavy (non-hydrogen) atoms. The highest BCUT2D eigenvalue weighted by Crippen LogP contribution is 2.43. The molecule has 0 aliphatic carbocycles. The van der Waals surface area contributed by atoms with Crippen LogP contribution in [0.2, 0.25) is 0 Å². The van der Waals surface area contributed by atoms with Crippen molar-refractivity contribution < 1.29 is 0 Å². The van der Waals surface area contributed by atoms with Crippen LogP contribution in [0.15, 0.2) is 176 Å². The summed E-state index contributed by atoms with van der Waals surface area (Å²) in [5.41, 5.74) is 12.2. The Labute approximate surface area is 316 Å². The van der Waals surface area contributed by atoms with Gasteiger partial charge in [-0.25, -0.2) is 0 Å². The Morgan fingerprint density at radius 1 is 0.345 bits per heavy atom. The Morgan fingerprint density at radius 3 is 1.42 bits per heavy atom. The van der Waals surface area contributed by atoms with Gasteiger partial charge in [-0.15, -0.1) is 0 Å². The maximum atomic E-state index is 10.8. The summed E-state index contributed by atoms with van der Waals surface area (Å²) in [5.74, 6) is 0. The summed E-state index contributed by atoms with van der Waals surface area (Å²) in [6, 6.07) is 65.9. The van der Waals surface area contributed by atoms with E-state index in [1.54, 1.807) is 0 Å². The number of aromatic nitrogens is 3. The molecule has 5 nitrogen and oxygen atoms in total. The van der Waals surface area contributed by atoms with Gasteiger partial charge >= 0.3 is 0 Å². The molecule has 3 heterocycles. The standard InChI is InChI=1S/C50H29N5/c51-30-32-24-26-39-37-15-4-9-21-45(37)55(48(39)28-32)47-23-11-12-33(31-52)50(47)41-17-5-10-22-46(41)54-44-20-8-3-16-38(44)40-27-25-34(29-49(40)54)53-42-18-6-1-13-35(42)36-14-2-7-19-43(36)53/h1-29H. The van der Waals surface area contributed by atoms with Crippen LogP contribution in [0.3, 0.4) is 0 Å². The molecule has 8 aromatic carbocycles. The third-order valence-corrected chi connectivity index (χ3v) is 11.1. The summed E-state index contributed by atoms with van der Waals surface area (Å²) < 4.78 is 6.93. The van der Waals surface area contributed by atoms with E-state index >= 15 is 0 Å². The first-order chi connectivity index (χ1) is 27.2. The van der Waals surface area contributed by atoms with Crippen LogP contribution >= 0.6 is 0 Å². The third kappa shape index (κ3) is 4.39. The number of para-hydroxylation sites is 5. The van der Waals surface area contributed by atoms with E-state index in [2.05, 4.69) is 153 Å². The van der Waals surface area contributed by atoms with E-state index in [-0.39, 0.29) is 0 Å². The fourth-order valence-corrected chi connectivity index (χ4v) is 8.84. The fraction of sp³-hybridized carbons (Fsp3) is 0. The summed E-state index contributed by atoms with van der Waals surface area (Å²) >= 11 is 0. The van der Waals surface area contributed by atoms with E-state index in [4.69, 9.17) is 0 Å². The maximum absolute atomic E-state index is 10.8. The molecule has 11 aromatic rings. The predicted molar refractivity (Wildman–Crippen MR) is 224 cm³/mol. The molecule has 0 bridgehead atoms. The number of rotatable bonds is 4. The van der Waals surface area contributed by atoms with Gasteiger partial charge in [0.05, 0.1) is 67.7 Å². The Hall–Kier alpha value is -7.86. The zero-order valence-electron chi connectivity index (χ0n) is 29.5. The maximum Gasteiger partial charge on any atom is 0.0998 e. The van der Waals surface area contributed by atoms with Crippen molar-refractivity contribution in [2.75, 3.05) is 0 Å². The monoisotopic (exact) mass is 699 g/mol. The molecule has 0 aliphatic heterocycles. The van der Waals surface area contributed by atoms with Gasteiger partial charge in [0, 0.05) is 49.1 Å². The molecular formula is C50H29N5. The van der Waals surface area contributed by atoms with E-state index in [0.717, 1.165) is 82.8 Å². The van der Waals surface area contributed by atoms with Gasteiger partial charge in [-0.3, -0.25) is 0 Å². The van der Waals surface area contributed by atoms with Crippen LogP contribution in [-0.4, -0.2) is 13.7 Å². The van der Waals surface area contributed by atoms with Crippen molar-refractivity contribution in [3.63, 3.8) is 0 Å². The van der Waals surface area contributed by atoms with E-state index in [9.17, 15) is 10.5 Å². The minimum absolute atomic E-state index is 0.569. The molecule has 0 unspecified atom stereocenters. The molecule has 0 saturated carbocycles. The molecule has 11 rings (SSSR count). The smallest absolute Gasteiger partial charge is 0.0998 e. The van der Waals surface area contributed by atoms with Crippen LogP contribution in [0.4, 0.5) is 0 Å². The summed E-state index contributed by atoms with van der Waals surface area (Å²) in [4.78, 5) is 0. The van der Waals surface area contributed by atoms with Crippen LogP contribution in [0.1, 0.15) is 11.1 Å². The first-order valence-corrected chi connectivity index (χ1v) is 18.3. The minimum atomic E-state index is 0.569. The van der Waals surface area contributed by atoms with E-state index in [0.29, 0.717) is 11.1 Å². The molecular weight excluding hydrogens is 671 g/mol. The molecule has 0 spiro atoms. The predicted octanol–water partition coefficient (Wildman–Crippen LogP) is 12.4. The first-order valence-electron chi connectivity index (χ1n) is 18.3. The quantitative estimate of drug-likeness (QED) is 0.184. The zero-order chi connectivity index (χ0) is 36.6. The number of fused-ring (bicyclic) bond motifs is 9. The lowest BCUT2D eigenvalue weighted by atomic mass is 9.96. The second-order valence-electron chi connectivity index (χ2n) is 13.9. The van der Waals surface area contributed by atoms with Crippen molar-refractivity contribution in [3.8, 4) is 40.3 Å². The van der Waals surface area contributed by atoms with Crippen LogP contribution in [0.5, 0.6) is 0 Å². The van der Waals surface area contributed by atoms with Crippen molar-refractivity contribution in [3.05, 3.63) is 187 Å². The Morgan fingerprint density at radius 2 is 0.818 bits per heavy atom. The lowest BCUT2D eigenvalue weighted by Gasteiger charge is -2.19. The third-order valence-electron chi connectivity index (χ3n) is 11.1. The van der Waals surface area contributed by atoms with Crippen LogP contribution < -0.4 is 0 Å². The molecule has 0 N–H and O–H groups in total. The van der Waals surface area contributed by atoms with Crippen LogP contribution in [0, 0.1) is 22.7 Å². The van der Waals surface area contributed by atoms with Gasteiger partial charge in [0.2, 0.25) is 0 Å². The van der Waals surface area contributed by atoms with Crippen molar-refractivity contribution in [2.24, 2.45) is 0 Å². The first kappa shape index (κ1) is 30.7. The summed E-state index contributed by atoms with van der Waals surface area (Å²) in [7, 11) is 0. The molecule has 0 atom stereocenters. The molecule has 0 aliphatic rings. The number of hydrogen-bond donors (Lipinski definition) is 0. The highest BCUT2D eigenvalue weighted by atomic mass is 15.0. The van der Waals surface area contributed by atoms with E-state index in [1.165, 1.54) is 10.8 Å². The van der Waals surface area contributed by atoms with Gasteiger partial charge in [0.1, 0.15) is 0 Å². The topological polar surface area (TPSA) is 62.4 Å². The summed E-state index contributed by atoms with van der Waals surface area (Å²) in [6.45, 7) is 0. The van der Waals surface area contributed by atoms with Gasteiger partial charge in [0.25, 0.3) is 0 Å². The summed E-state index contributed by atoms with van der Waals surface area (Å²) in [6.07, 6.45) is 0. The SMILES string of the molecule is N#Cc1ccc2c3ccccc3n(-c3cccc(C#N)c3-c3ccccc3-n3c4ccccc4c4ccc(-n5c6ccccc6c6ccccc65)cc43)c2c1. The van der Waals surface area contributed by atoms with Gasteiger partial charge in [-0.05, 0) is 66.7 Å². The van der Waals surface area contributed by atoms with E-state index in [1.807, 2.05) is 48.5 Å². The van der Waals surface area contributed by atoms with Crippen molar-refractivity contribution in [1.29, 1.82) is 10.5 Å². The normalized spacial score (nSPS) is 11.6.